The van der Waals surface area contributed by atoms with Crippen molar-refractivity contribution in [2.45, 2.75) is 38.0 Å². The van der Waals surface area contributed by atoms with Gasteiger partial charge in [0.1, 0.15) is 24.0 Å². The molecule has 1 fully saturated rings. The molecule has 0 bridgehead atoms. The number of ether oxygens (including phenoxy) is 1. The number of hydrogen-bond donors (Lipinski definition) is 3. The van der Waals surface area contributed by atoms with E-state index in [0.717, 1.165) is 10.1 Å². The van der Waals surface area contributed by atoms with Crippen molar-refractivity contribution >= 4 is 11.0 Å². The minimum atomic E-state index is -1.54. The molecule has 4 rings (SSSR count). The number of aliphatic hydroxyl groups is 3. The normalized spacial score (nSPS) is 24.3. The molecule has 3 heterocycles. The van der Waals surface area contributed by atoms with Crippen LogP contribution in [0.5, 0.6) is 0 Å². The summed E-state index contributed by atoms with van der Waals surface area (Å²) in [6, 6.07) is 12.4. The molecule has 9 heteroatoms. The third kappa shape index (κ3) is 3.28. The van der Waals surface area contributed by atoms with Gasteiger partial charge in [0.05, 0.1) is 18.5 Å². The molecule has 9 nitrogen and oxygen atoms in total. The molecular weight excluding hydrogens is 378 g/mol. The van der Waals surface area contributed by atoms with Gasteiger partial charge in [-0.3, -0.25) is 9.36 Å². The molecule has 0 saturated carbocycles. The quantitative estimate of drug-likeness (QED) is 0.541. The first-order valence-electron chi connectivity index (χ1n) is 9.21. The molecule has 1 aliphatic heterocycles. The minimum Gasteiger partial charge on any atom is -0.394 e. The molecule has 0 amide bonds. The first-order valence-corrected chi connectivity index (χ1v) is 9.21. The summed E-state index contributed by atoms with van der Waals surface area (Å²) >= 11 is 0. The lowest BCUT2D eigenvalue weighted by atomic mass is 10.1. The SMILES string of the molecule is Cc1ccc2c(=O)n([C@@H]3O[C@H](CO)[C@@H](O)[C@H]3O)c(=O)n(Cc3ccccc3)c2n1. The van der Waals surface area contributed by atoms with Crippen LogP contribution in [0.1, 0.15) is 17.5 Å². The summed E-state index contributed by atoms with van der Waals surface area (Å²) < 4.78 is 7.56. The van der Waals surface area contributed by atoms with E-state index in [1.165, 1.54) is 4.57 Å². The maximum absolute atomic E-state index is 13.3. The van der Waals surface area contributed by atoms with Crippen LogP contribution in [0, 0.1) is 6.92 Å². The monoisotopic (exact) mass is 399 g/mol. The van der Waals surface area contributed by atoms with E-state index in [4.69, 9.17) is 4.74 Å². The number of hydrogen-bond acceptors (Lipinski definition) is 7. The van der Waals surface area contributed by atoms with Gasteiger partial charge in [-0.2, -0.15) is 0 Å². The first kappa shape index (κ1) is 19.5. The molecule has 29 heavy (non-hydrogen) atoms. The van der Waals surface area contributed by atoms with Crippen molar-refractivity contribution in [1.29, 1.82) is 0 Å². The van der Waals surface area contributed by atoms with Crippen LogP contribution in [-0.4, -0.2) is 54.4 Å². The van der Waals surface area contributed by atoms with Gasteiger partial charge in [-0.1, -0.05) is 30.3 Å². The zero-order valence-corrected chi connectivity index (χ0v) is 15.7. The second-order valence-corrected chi connectivity index (χ2v) is 7.08. The number of aryl methyl sites for hydroxylation is 1. The van der Waals surface area contributed by atoms with E-state index in [2.05, 4.69) is 4.98 Å². The van der Waals surface area contributed by atoms with E-state index in [-0.39, 0.29) is 17.6 Å². The Hall–Kier alpha value is -2.85. The zero-order chi connectivity index (χ0) is 20.7. The van der Waals surface area contributed by atoms with Crippen LogP contribution >= 0.6 is 0 Å². The van der Waals surface area contributed by atoms with Crippen LogP contribution in [0.2, 0.25) is 0 Å². The fourth-order valence-electron chi connectivity index (χ4n) is 3.58. The topological polar surface area (TPSA) is 127 Å². The van der Waals surface area contributed by atoms with Gasteiger partial charge in [0, 0.05) is 5.69 Å². The fraction of sp³-hybridized carbons (Fsp3) is 0.350. The Morgan fingerprint density at radius 2 is 1.79 bits per heavy atom. The first-order chi connectivity index (χ1) is 13.9. The summed E-state index contributed by atoms with van der Waals surface area (Å²) in [7, 11) is 0. The van der Waals surface area contributed by atoms with Crippen molar-refractivity contribution in [3.63, 3.8) is 0 Å². The number of aliphatic hydroxyl groups excluding tert-OH is 3. The molecule has 3 N–H and O–H groups in total. The number of pyridine rings is 1. The van der Waals surface area contributed by atoms with Gasteiger partial charge in [-0.05, 0) is 24.6 Å². The molecule has 4 atom stereocenters. The number of fused-ring (bicyclic) bond motifs is 1. The average molecular weight is 399 g/mol. The molecule has 0 spiro atoms. The van der Waals surface area contributed by atoms with E-state index < -0.39 is 42.4 Å². The van der Waals surface area contributed by atoms with Crippen molar-refractivity contribution in [2.75, 3.05) is 6.61 Å². The molecule has 152 valence electrons. The summed E-state index contributed by atoms with van der Waals surface area (Å²) in [4.78, 5) is 30.8. The predicted octanol–water partition coefficient (Wildman–Crippen LogP) is -0.474. The van der Waals surface area contributed by atoms with Crippen molar-refractivity contribution in [2.24, 2.45) is 0 Å². The molecule has 3 aromatic rings. The Morgan fingerprint density at radius 1 is 1.07 bits per heavy atom. The van der Waals surface area contributed by atoms with Crippen molar-refractivity contribution in [3.8, 4) is 0 Å². The highest BCUT2D eigenvalue weighted by atomic mass is 16.6. The Labute approximate surface area is 165 Å². The second kappa shape index (κ2) is 7.53. The van der Waals surface area contributed by atoms with Crippen molar-refractivity contribution in [3.05, 3.63) is 74.6 Å². The molecular formula is C20H21N3O6. The number of aromatic nitrogens is 3. The van der Waals surface area contributed by atoms with Gasteiger partial charge in [0.15, 0.2) is 6.23 Å². The Morgan fingerprint density at radius 3 is 2.45 bits per heavy atom. The standard InChI is InChI=1S/C20H21N3O6/c1-11-7-8-13-17(21-11)22(9-12-5-3-2-4-6-12)20(28)23(18(13)27)19-16(26)15(25)14(10-24)29-19/h2-8,14-16,19,24-26H,9-10H2,1H3/t14-,15-,16-,19-/m1/s1. The van der Waals surface area contributed by atoms with E-state index in [1.807, 2.05) is 30.3 Å². The summed E-state index contributed by atoms with van der Waals surface area (Å²) in [5.74, 6) is 0. The van der Waals surface area contributed by atoms with Crippen LogP contribution in [0.4, 0.5) is 0 Å². The van der Waals surface area contributed by atoms with E-state index >= 15 is 0 Å². The third-order valence-corrected chi connectivity index (χ3v) is 5.11. The van der Waals surface area contributed by atoms with Crippen LogP contribution in [-0.2, 0) is 11.3 Å². The van der Waals surface area contributed by atoms with Crippen molar-refractivity contribution < 1.29 is 20.1 Å². The summed E-state index contributed by atoms with van der Waals surface area (Å²) in [6.07, 6.45) is -5.49. The summed E-state index contributed by atoms with van der Waals surface area (Å²) in [6.45, 7) is 1.35. The lowest BCUT2D eigenvalue weighted by Gasteiger charge is -2.20. The summed E-state index contributed by atoms with van der Waals surface area (Å²) in [5.41, 5.74) is 0.289. The molecule has 1 aliphatic rings. The Bertz CT molecular complexity index is 1160. The van der Waals surface area contributed by atoms with Crippen LogP contribution in [0.25, 0.3) is 11.0 Å². The molecule has 1 aromatic carbocycles. The highest BCUT2D eigenvalue weighted by molar-refractivity contribution is 5.74. The Balaban J connectivity index is 1.96. The van der Waals surface area contributed by atoms with Gasteiger partial charge in [-0.15, -0.1) is 0 Å². The highest BCUT2D eigenvalue weighted by Gasteiger charge is 2.45. The molecule has 2 aromatic heterocycles. The van der Waals surface area contributed by atoms with Gasteiger partial charge in [0.25, 0.3) is 5.56 Å². The fourth-order valence-corrected chi connectivity index (χ4v) is 3.58. The second-order valence-electron chi connectivity index (χ2n) is 7.08. The maximum Gasteiger partial charge on any atom is 0.335 e. The average Bonchev–Trinajstić information content (AvgIpc) is 3.00. The van der Waals surface area contributed by atoms with Gasteiger partial charge < -0.3 is 20.1 Å². The number of benzene rings is 1. The molecule has 1 saturated heterocycles. The number of rotatable bonds is 4. The van der Waals surface area contributed by atoms with E-state index in [0.29, 0.717) is 5.69 Å². The lowest BCUT2D eigenvalue weighted by Crippen LogP contribution is -2.46. The largest absolute Gasteiger partial charge is 0.394 e. The predicted molar refractivity (Wildman–Crippen MR) is 104 cm³/mol. The molecule has 0 radical (unpaired) electrons. The lowest BCUT2D eigenvalue weighted by molar-refractivity contribution is -0.0566. The van der Waals surface area contributed by atoms with Crippen LogP contribution in [0.15, 0.2) is 52.1 Å². The molecule has 0 aliphatic carbocycles. The smallest absolute Gasteiger partial charge is 0.335 e. The van der Waals surface area contributed by atoms with Gasteiger partial charge in [0.2, 0.25) is 0 Å². The van der Waals surface area contributed by atoms with E-state index in [9.17, 15) is 24.9 Å². The van der Waals surface area contributed by atoms with Crippen molar-refractivity contribution in [1.82, 2.24) is 14.1 Å². The Kier molecular flexibility index (Phi) is 5.05. The van der Waals surface area contributed by atoms with Gasteiger partial charge >= 0.3 is 5.69 Å². The highest BCUT2D eigenvalue weighted by Crippen LogP contribution is 2.27. The summed E-state index contributed by atoms with van der Waals surface area (Å²) in [5, 5.41) is 29.9. The minimum absolute atomic E-state index is 0.154. The molecule has 0 unspecified atom stereocenters. The third-order valence-electron chi connectivity index (χ3n) is 5.11. The maximum atomic E-state index is 13.3. The number of nitrogens with zero attached hydrogens (tertiary/aromatic N) is 3. The van der Waals surface area contributed by atoms with E-state index in [1.54, 1.807) is 19.1 Å². The van der Waals surface area contributed by atoms with Crippen LogP contribution in [0.3, 0.4) is 0 Å². The van der Waals surface area contributed by atoms with Crippen LogP contribution < -0.4 is 11.2 Å². The van der Waals surface area contributed by atoms with Gasteiger partial charge in [-0.25, -0.2) is 14.3 Å². The zero-order valence-electron chi connectivity index (χ0n) is 15.7.